The zero-order chi connectivity index (χ0) is 19.1. The Hall–Kier alpha value is -1.99. The van der Waals surface area contributed by atoms with Crippen molar-refractivity contribution in [2.75, 3.05) is 13.1 Å². The van der Waals surface area contributed by atoms with Crippen LogP contribution >= 0.6 is 0 Å². The van der Waals surface area contributed by atoms with E-state index in [1.807, 2.05) is 0 Å². The number of amides is 2. The minimum atomic E-state index is -0.768. The third-order valence-corrected chi connectivity index (χ3v) is 6.39. The molecule has 2 amide bonds. The van der Waals surface area contributed by atoms with Crippen molar-refractivity contribution in [2.45, 2.75) is 63.3 Å². The average molecular weight is 375 g/mol. The van der Waals surface area contributed by atoms with Crippen molar-refractivity contribution in [1.82, 2.24) is 9.80 Å². The number of fused-ring (bicyclic) bond motifs is 1. The maximum atomic E-state index is 13.8. The van der Waals surface area contributed by atoms with Crippen LogP contribution < -0.4 is 5.73 Å². The van der Waals surface area contributed by atoms with Gasteiger partial charge in [-0.1, -0.05) is 0 Å². The molecule has 0 spiro atoms. The number of nitrogens with zero attached hydrogens (tertiary/aromatic N) is 2. The third-order valence-electron chi connectivity index (χ3n) is 6.39. The molecule has 0 bridgehead atoms. The number of likely N-dealkylation sites (tertiary alicyclic amines) is 1. The first kappa shape index (κ1) is 18.4. The van der Waals surface area contributed by atoms with Crippen LogP contribution in [0.1, 0.15) is 64.8 Å². The SMILES string of the molecule is NC(=O)c1cc(F)cc2c1C(=O)N(C1CCN([C@H]3CC[C@H](O)CC3)CC1)C2. The molecule has 3 aliphatic rings. The maximum Gasteiger partial charge on any atom is 0.255 e. The molecule has 0 aromatic heterocycles. The number of aliphatic hydroxyl groups is 1. The smallest absolute Gasteiger partial charge is 0.255 e. The molecule has 0 unspecified atom stereocenters. The van der Waals surface area contributed by atoms with E-state index in [4.69, 9.17) is 5.73 Å². The number of carbonyl (C=O) groups is 2. The van der Waals surface area contributed by atoms with Gasteiger partial charge < -0.3 is 20.6 Å². The molecule has 4 rings (SSSR count). The fraction of sp³-hybridized carbons (Fsp3) is 0.600. The van der Waals surface area contributed by atoms with Crippen molar-refractivity contribution >= 4 is 11.8 Å². The van der Waals surface area contributed by atoms with E-state index in [1.54, 1.807) is 4.90 Å². The van der Waals surface area contributed by atoms with Crippen molar-refractivity contribution in [3.63, 3.8) is 0 Å². The van der Waals surface area contributed by atoms with Crippen molar-refractivity contribution in [1.29, 1.82) is 0 Å². The summed E-state index contributed by atoms with van der Waals surface area (Å²) in [5.74, 6) is -1.51. The Labute approximate surface area is 158 Å². The Bertz CT molecular complexity index is 753. The van der Waals surface area contributed by atoms with Crippen molar-refractivity contribution in [2.24, 2.45) is 5.73 Å². The normalized spacial score (nSPS) is 27.0. The summed E-state index contributed by atoms with van der Waals surface area (Å²) >= 11 is 0. The molecule has 2 aliphatic heterocycles. The van der Waals surface area contributed by atoms with Crippen LogP contribution in [-0.4, -0.2) is 58.0 Å². The van der Waals surface area contributed by atoms with Crippen LogP contribution in [0.2, 0.25) is 0 Å². The van der Waals surface area contributed by atoms with Gasteiger partial charge in [0.15, 0.2) is 0 Å². The van der Waals surface area contributed by atoms with E-state index in [0.717, 1.165) is 57.7 Å². The zero-order valence-electron chi connectivity index (χ0n) is 15.4. The number of aliphatic hydroxyl groups excluding tert-OH is 1. The molecular weight excluding hydrogens is 349 g/mol. The summed E-state index contributed by atoms with van der Waals surface area (Å²) in [6.07, 6.45) is 5.38. The second-order valence-corrected chi connectivity index (χ2v) is 8.01. The quantitative estimate of drug-likeness (QED) is 0.841. The number of rotatable bonds is 3. The van der Waals surface area contributed by atoms with E-state index in [-0.39, 0.29) is 29.2 Å². The molecule has 0 atom stereocenters. The van der Waals surface area contributed by atoms with Crippen molar-refractivity contribution < 1.29 is 19.1 Å². The van der Waals surface area contributed by atoms with Gasteiger partial charge in [0.05, 0.1) is 17.2 Å². The Morgan fingerprint density at radius 1 is 1.07 bits per heavy atom. The summed E-state index contributed by atoms with van der Waals surface area (Å²) in [5, 5.41) is 9.68. The van der Waals surface area contributed by atoms with Gasteiger partial charge >= 0.3 is 0 Å². The Kier molecular flexibility index (Phi) is 4.90. The van der Waals surface area contributed by atoms with Gasteiger partial charge in [0.1, 0.15) is 5.82 Å². The molecule has 1 saturated carbocycles. The van der Waals surface area contributed by atoms with E-state index in [2.05, 4.69) is 4.90 Å². The largest absolute Gasteiger partial charge is 0.393 e. The Morgan fingerprint density at radius 3 is 2.37 bits per heavy atom. The number of halogens is 1. The lowest BCUT2D eigenvalue weighted by Crippen LogP contribution is -2.49. The van der Waals surface area contributed by atoms with E-state index in [1.165, 1.54) is 6.07 Å². The first-order valence-corrected chi connectivity index (χ1v) is 9.79. The van der Waals surface area contributed by atoms with Gasteiger partial charge in [-0.2, -0.15) is 0 Å². The van der Waals surface area contributed by atoms with Crippen LogP contribution in [-0.2, 0) is 6.54 Å². The predicted octanol–water partition coefficient (Wildman–Crippen LogP) is 1.65. The van der Waals surface area contributed by atoms with Crippen molar-refractivity contribution in [3.05, 3.63) is 34.6 Å². The number of hydrogen-bond acceptors (Lipinski definition) is 4. The van der Waals surface area contributed by atoms with Gasteiger partial charge in [-0.3, -0.25) is 9.59 Å². The third kappa shape index (κ3) is 3.46. The molecule has 2 fully saturated rings. The standard InChI is InChI=1S/C20H26FN3O3/c21-13-9-12-11-24(20(27)18(12)17(10-13)19(22)26)15-5-7-23(8-6-15)14-1-3-16(25)4-2-14/h9-10,14-16,25H,1-8,11H2,(H2,22,26)/t14-,16-. The van der Waals surface area contributed by atoms with Gasteiger partial charge in [0, 0.05) is 31.7 Å². The number of benzene rings is 1. The highest BCUT2D eigenvalue weighted by Gasteiger charge is 2.38. The summed E-state index contributed by atoms with van der Waals surface area (Å²) in [7, 11) is 0. The minimum Gasteiger partial charge on any atom is -0.393 e. The Morgan fingerprint density at radius 2 is 1.74 bits per heavy atom. The number of primary amides is 1. The van der Waals surface area contributed by atoms with E-state index in [9.17, 15) is 19.1 Å². The molecule has 1 aliphatic carbocycles. The molecular formula is C20H26FN3O3. The molecule has 1 aromatic rings. The highest BCUT2D eigenvalue weighted by atomic mass is 19.1. The van der Waals surface area contributed by atoms with Gasteiger partial charge in [-0.15, -0.1) is 0 Å². The molecule has 7 heteroatoms. The summed E-state index contributed by atoms with van der Waals surface area (Å²) in [6.45, 7) is 2.18. The van der Waals surface area contributed by atoms with Crippen LogP contribution in [0.5, 0.6) is 0 Å². The van der Waals surface area contributed by atoms with Gasteiger partial charge in [0.2, 0.25) is 5.91 Å². The average Bonchev–Trinajstić information content (AvgIpc) is 2.98. The topological polar surface area (TPSA) is 86.9 Å². The first-order valence-electron chi connectivity index (χ1n) is 9.79. The van der Waals surface area contributed by atoms with Crippen LogP contribution in [0.3, 0.4) is 0 Å². The van der Waals surface area contributed by atoms with E-state index >= 15 is 0 Å². The molecule has 3 N–H and O–H groups in total. The van der Waals surface area contributed by atoms with Gasteiger partial charge in [0.25, 0.3) is 5.91 Å². The zero-order valence-corrected chi connectivity index (χ0v) is 15.4. The molecule has 0 radical (unpaired) electrons. The van der Waals surface area contributed by atoms with Crippen LogP contribution in [0.25, 0.3) is 0 Å². The summed E-state index contributed by atoms with van der Waals surface area (Å²) in [5.41, 5.74) is 6.16. The second kappa shape index (κ2) is 7.20. The fourth-order valence-electron chi connectivity index (χ4n) is 4.91. The van der Waals surface area contributed by atoms with Crippen LogP contribution in [0.15, 0.2) is 12.1 Å². The maximum absolute atomic E-state index is 13.8. The van der Waals surface area contributed by atoms with Gasteiger partial charge in [-0.25, -0.2) is 4.39 Å². The highest BCUT2D eigenvalue weighted by Crippen LogP contribution is 2.33. The fourth-order valence-corrected chi connectivity index (χ4v) is 4.91. The number of piperidine rings is 1. The van der Waals surface area contributed by atoms with E-state index < -0.39 is 11.7 Å². The second-order valence-electron chi connectivity index (χ2n) is 8.01. The van der Waals surface area contributed by atoms with Crippen molar-refractivity contribution in [3.8, 4) is 0 Å². The molecule has 146 valence electrons. The molecule has 27 heavy (non-hydrogen) atoms. The predicted molar refractivity (Wildman–Crippen MR) is 97.6 cm³/mol. The summed E-state index contributed by atoms with van der Waals surface area (Å²) in [6, 6.07) is 3.01. The van der Waals surface area contributed by atoms with Crippen LogP contribution in [0.4, 0.5) is 4.39 Å². The lowest BCUT2D eigenvalue weighted by molar-refractivity contribution is 0.0371. The molecule has 2 heterocycles. The molecule has 1 saturated heterocycles. The Balaban J connectivity index is 1.43. The number of hydrogen-bond donors (Lipinski definition) is 2. The minimum absolute atomic E-state index is 0.0179. The lowest BCUT2D eigenvalue weighted by atomic mass is 9.90. The first-order chi connectivity index (χ1) is 12.9. The number of carbonyl (C=O) groups excluding carboxylic acids is 2. The number of nitrogens with two attached hydrogens (primary N) is 1. The highest BCUT2D eigenvalue weighted by molar-refractivity contribution is 6.09. The van der Waals surface area contributed by atoms with Gasteiger partial charge in [-0.05, 0) is 56.2 Å². The summed E-state index contributed by atoms with van der Waals surface area (Å²) < 4.78 is 13.8. The van der Waals surface area contributed by atoms with E-state index in [0.29, 0.717) is 18.2 Å². The van der Waals surface area contributed by atoms with Crippen LogP contribution in [0, 0.1) is 5.82 Å². The summed E-state index contributed by atoms with van der Waals surface area (Å²) in [4.78, 5) is 28.8. The monoisotopic (exact) mass is 375 g/mol. The molecule has 1 aromatic carbocycles. The molecule has 6 nitrogen and oxygen atoms in total. The lowest BCUT2D eigenvalue weighted by Gasteiger charge is -2.42.